The monoisotopic (exact) mass is 241 g/mol. The average Bonchev–Trinajstić information content (AvgIpc) is 2.37. The van der Waals surface area contributed by atoms with Crippen LogP contribution >= 0.6 is 0 Å². The predicted molar refractivity (Wildman–Crippen MR) is 66.6 cm³/mol. The molecule has 1 fully saturated rings. The second-order valence-electron chi connectivity index (χ2n) is 4.63. The molecule has 0 aromatic heterocycles. The molecule has 0 saturated carbocycles. The zero-order valence-electron chi connectivity index (χ0n) is 11.0. The lowest BCUT2D eigenvalue weighted by molar-refractivity contribution is -0.137. The molecule has 5 nitrogen and oxygen atoms in total. The van der Waals surface area contributed by atoms with Gasteiger partial charge >= 0.3 is 0 Å². The van der Waals surface area contributed by atoms with Crippen LogP contribution in [0.4, 0.5) is 0 Å². The molecule has 1 aliphatic heterocycles. The number of likely N-dealkylation sites (N-methyl/N-ethyl adjacent to an activating group) is 1. The van der Waals surface area contributed by atoms with E-state index in [-0.39, 0.29) is 17.9 Å². The Morgan fingerprint density at radius 1 is 1.06 bits per heavy atom. The molecule has 0 bridgehead atoms. The molecule has 0 aliphatic carbocycles. The Morgan fingerprint density at radius 3 is 2.18 bits per heavy atom. The Labute approximate surface area is 103 Å². The van der Waals surface area contributed by atoms with Crippen LogP contribution in [0.1, 0.15) is 33.1 Å². The van der Waals surface area contributed by atoms with Crippen molar-refractivity contribution in [2.45, 2.75) is 45.2 Å². The Balaban J connectivity index is 2.43. The van der Waals surface area contributed by atoms with Crippen molar-refractivity contribution in [1.82, 2.24) is 15.5 Å². The number of piperidine rings is 1. The third-order valence-corrected chi connectivity index (χ3v) is 3.22. The molecule has 2 unspecified atom stereocenters. The van der Waals surface area contributed by atoms with E-state index in [2.05, 4.69) is 10.6 Å². The van der Waals surface area contributed by atoms with E-state index in [4.69, 9.17) is 0 Å². The summed E-state index contributed by atoms with van der Waals surface area (Å²) in [6, 6.07) is -0.706. The summed E-state index contributed by atoms with van der Waals surface area (Å²) >= 11 is 0. The second-order valence-corrected chi connectivity index (χ2v) is 4.63. The first-order valence-corrected chi connectivity index (χ1v) is 6.32. The first kappa shape index (κ1) is 14.0. The summed E-state index contributed by atoms with van der Waals surface area (Å²) in [7, 11) is 1.72. The minimum atomic E-state index is -0.434. The van der Waals surface area contributed by atoms with E-state index in [1.165, 1.54) is 6.42 Å². The van der Waals surface area contributed by atoms with Crippen LogP contribution in [0.25, 0.3) is 0 Å². The van der Waals surface area contributed by atoms with Gasteiger partial charge in [0.15, 0.2) is 0 Å². The Morgan fingerprint density at radius 2 is 1.65 bits per heavy atom. The SMILES string of the molecule is CNC(C)C(=O)NC(C)C(=O)N1CCCCC1. The molecule has 0 aromatic rings. The summed E-state index contributed by atoms with van der Waals surface area (Å²) in [5.41, 5.74) is 0. The van der Waals surface area contributed by atoms with E-state index in [1.54, 1.807) is 20.9 Å². The quantitative estimate of drug-likeness (QED) is 0.734. The van der Waals surface area contributed by atoms with Gasteiger partial charge in [0.25, 0.3) is 0 Å². The number of hydrogen-bond acceptors (Lipinski definition) is 3. The van der Waals surface area contributed by atoms with Crippen LogP contribution in [0, 0.1) is 0 Å². The number of nitrogens with one attached hydrogen (secondary N) is 2. The Kier molecular flexibility index (Phi) is 5.41. The fraction of sp³-hybridized carbons (Fsp3) is 0.833. The van der Waals surface area contributed by atoms with Crippen molar-refractivity contribution in [1.29, 1.82) is 0 Å². The largest absolute Gasteiger partial charge is 0.343 e. The van der Waals surface area contributed by atoms with Crippen molar-refractivity contribution in [3.63, 3.8) is 0 Å². The van der Waals surface area contributed by atoms with E-state index in [1.807, 2.05) is 4.90 Å². The minimum absolute atomic E-state index is 0.0290. The fourth-order valence-electron chi connectivity index (χ4n) is 1.92. The van der Waals surface area contributed by atoms with E-state index >= 15 is 0 Å². The smallest absolute Gasteiger partial charge is 0.244 e. The number of likely N-dealkylation sites (tertiary alicyclic amines) is 1. The first-order valence-electron chi connectivity index (χ1n) is 6.32. The predicted octanol–water partition coefficient (Wildman–Crippen LogP) is 0.112. The number of hydrogen-bond donors (Lipinski definition) is 2. The van der Waals surface area contributed by atoms with Crippen LogP contribution < -0.4 is 10.6 Å². The van der Waals surface area contributed by atoms with Crippen LogP contribution in [0.3, 0.4) is 0 Å². The van der Waals surface area contributed by atoms with Crippen molar-refractivity contribution in [2.75, 3.05) is 20.1 Å². The van der Waals surface area contributed by atoms with Crippen LogP contribution in [0.2, 0.25) is 0 Å². The van der Waals surface area contributed by atoms with Gasteiger partial charge < -0.3 is 15.5 Å². The summed E-state index contributed by atoms with van der Waals surface area (Å²) in [4.78, 5) is 25.5. The molecule has 1 rings (SSSR count). The molecule has 98 valence electrons. The van der Waals surface area contributed by atoms with Gasteiger partial charge in [-0.1, -0.05) is 0 Å². The zero-order chi connectivity index (χ0) is 12.8. The van der Waals surface area contributed by atoms with Gasteiger partial charge in [0.2, 0.25) is 11.8 Å². The number of rotatable bonds is 4. The first-order chi connectivity index (χ1) is 8.06. The van der Waals surface area contributed by atoms with Crippen molar-refractivity contribution in [2.24, 2.45) is 0 Å². The van der Waals surface area contributed by atoms with Crippen molar-refractivity contribution in [3.8, 4) is 0 Å². The molecule has 1 saturated heterocycles. The van der Waals surface area contributed by atoms with E-state index in [0.29, 0.717) is 0 Å². The van der Waals surface area contributed by atoms with Crippen molar-refractivity contribution >= 4 is 11.8 Å². The Bertz CT molecular complexity index is 275. The van der Waals surface area contributed by atoms with E-state index in [9.17, 15) is 9.59 Å². The molecule has 2 amide bonds. The van der Waals surface area contributed by atoms with Crippen LogP contribution in [0.5, 0.6) is 0 Å². The molecule has 5 heteroatoms. The third-order valence-electron chi connectivity index (χ3n) is 3.22. The molecule has 2 atom stereocenters. The van der Waals surface area contributed by atoms with Gasteiger partial charge in [0.05, 0.1) is 6.04 Å². The normalized spacial score (nSPS) is 19.6. The minimum Gasteiger partial charge on any atom is -0.343 e. The highest BCUT2D eigenvalue weighted by Gasteiger charge is 2.24. The molecule has 1 aliphatic rings. The molecule has 2 N–H and O–H groups in total. The van der Waals surface area contributed by atoms with Crippen molar-refractivity contribution < 1.29 is 9.59 Å². The summed E-state index contributed by atoms with van der Waals surface area (Å²) in [6.07, 6.45) is 3.33. The van der Waals surface area contributed by atoms with E-state index < -0.39 is 6.04 Å². The van der Waals surface area contributed by atoms with Gasteiger partial charge in [-0.3, -0.25) is 9.59 Å². The van der Waals surface area contributed by atoms with Gasteiger partial charge in [0, 0.05) is 13.1 Å². The molecular formula is C12H23N3O2. The zero-order valence-corrected chi connectivity index (χ0v) is 11.0. The summed E-state index contributed by atoms with van der Waals surface area (Å²) in [5.74, 6) is -0.105. The highest BCUT2D eigenvalue weighted by atomic mass is 16.2. The van der Waals surface area contributed by atoms with Gasteiger partial charge in [0.1, 0.15) is 6.04 Å². The Hall–Kier alpha value is -1.10. The van der Waals surface area contributed by atoms with Crippen molar-refractivity contribution in [3.05, 3.63) is 0 Å². The lowest BCUT2D eigenvalue weighted by Crippen LogP contribution is -2.52. The molecular weight excluding hydrogens is 218 g/mol. The number of carbonyl (C=O) groups excluding carboxylic acids is 2. The maximum atomic E-state index is 12.0. The van der Waals surface area contributed by atoms with Gasteiger partial charge in [-0.15, -0.1) is 0 Å². The van der Waals surface area contributed by atoms with Crippen LogP contribution in [-0.4, -0.2) is 48.9 Å². The third kappa shape index (κ3) is 4.00. The second kappa shape index (κ2) is 6.59. The molecule has 1 heterocycles. The molecule has 0 spiro atoms. The summed E-state index contributed by atoms with van der Waals surface area (Å²) in [6.45, 7) is 5.16. The fourth-order valence-corrected chi connectivity index (χ4v) is 1.92. The van der Waals surface area contributed by atoms with Gasteiger partial charge in [-0.25, -0.2) is 0 Å². The number of nitrogens with zero attached hydrogens (tertiary/aromatic N) is 1. The van der Waals surface area contributed by atoms with E-state index in [0.717, 1.165) is 25.9 Å². The lowest BCUT2D eigenvalue weighted by atomic mass is 10.1. The lowest BCUT2D eigenvalue weighted by Gasteiger charge is -2.29. The summed E-state index contributed by atoms with van der Waals surface area (Å²) < 4.78 is 0. The van der Waals surface area contributed by atoms with Gasteiger partial charge in [-0.05, 0) is 40.2 Å². The highest BCUT2D eigenvalue weighted by Crippen LogP contribution is 2.09. The number of amides is 2. The maximum Gasteiger partial charge on any atom is 0.244 e. The molecule has 17 heavy (non-hydrogen) atoms. The topological polar surface area (TPSA) is 61.4 Å². The average molecular weight is 241 g/mol. The highest BCUT2D eigenvalue weighted by molar-refractivity contribution is 5.89. The number of carbonyl (C=O) groups is 2. The summed E-state index contributed by atoms with van der Waals surface area (Å²) in [5, 5.41) is 5.59. The van der Waals surface area contributed by atoms with Crippen LogP contribution in [0.15, 0.2) is 0 Å². The molecule has 0 aromatic carbocycles. The molecule has 0 radical (unpaired) electrons. The standard InChI is InChI=1S/C12H23N3O2/c1-9(13-3)11(16)14-10(2)12(17)15-7-5-4-6-8-15/h9-10,13H,4-8H2,1-3H3,(H,14,16). The van der Waals surface area contributed by atoms with Gasteiger partial charge in [-0.2, -0.15) is 0 Å². The maximum absolute atomic E-state index is 12.0. The van der Waals surface area contributed by atoms with Crippen LogP contribution in [-0.2, 0) is 9.59 Å².